The third-order valence-electron chi connectivity index (χ3n) is 3.71. The first-order chi connectivity index (χ1) is 9.36. The van der Waals surface area contributed by atoms with Crippen molar-refractivity contribution in [3.8, 4) is 0 Å². The lowest BCUT2D eigenvalue weighted by atomic mass is 10.1. The minimum atomic E-state index is -3.47. The smallest absolute Gasteiger partial charge is 0.240 e. The third-order valence-corrected chi connectivity index (χ3v) is 6.80. The van der Waals surface area contributed by atoms with E-state index in [4.69, 9.17) is 5.73 Å². The first kappa shape index (κ1) is 15.8. The molecule has 0 bridgehead atoms. The van der Waals surface area contributed by atoms with Gasteiger partial charge in [-0.2, -0.15) is 11.8 Å². The molecule has 3 N–H and O–H groups in total. The summed E-state index contributed by atoms with van der Waals surface area (Å²) >= 11 is 1.85. The molecule has 1 aliphatic rings. The molecule has 0 aromatic heterocycles. The molecular formula is C14H22N2O2S2. The van der Waals surface area contributed by atoms with Gasteiger partial charge in [-0.25, -0.2) is 13.1 Å². The van der Waals surface area contributed by atoms with Crippen molar-refractivity contribution in [3.05, 3.63) is 29.3 Å². The minimum Gasteiger partial charge on any atom is -0.326 e. The van der Waals surface area contributed by atoms with E-state index < -0.39 is 10.0 Å². The van der Waals surface area contributed by atoms with Crippen molar-refractivity contribution in [2.75, 3.05) is 12.3 Å². The van der Waals surface area contributed by atoms with Crippen molar-refractivity contribution in [2.45, 2.75) is 42.9 Å². The van der Waals surface area contributed by atoms with Crippen LogP contribution in [0.15, 0.2) is 23.1 Å². The summed E-state index contributed by atoms with van der Waals surface area (Å²) < 4.78 is 27.7. The van der Waals surface area contributed by atoms with Crippen LogP contribution in [0.1, 0.15) is 30.9 Å². The number of nitrogens with two attached hydrogens (primary N) is 1. The Balaban J connectivity index is 2.17. The molecule has 1 aromatic rings. The maximum Gasteiger partial charge on any atom is 0.240 e. The molecule has 20 heavy (non-hydrogen) atoms. The van der Waals surface area contributed by atoms with E-state index in [2.05, 4.69) is 11.6 Å². The molecular weight excluding hydrogens is 292 g/mol. The van der Waals surface area contributed by atoms with E-state index in [9.17, 15) is 8.42 Å². The van der Waals surface area contributed by atoms with Crippen LogP contribution in [-0.4, -0.2) is 25.5 Å². The summed E-state index contributed by atoms with van der Waals surface area (Å²) in [6.45, 7) is 4.75. The quantitative estimate of drug-likeness (QED) is 0.872. The second kappa shape index (κ2) is 6.05. The first-order valence-corrected chi connectivity index (χ1v) is 9.26. The SMILES string of the molecule is Cc1ccc(CN)cc1S(=O)(=O)NCC1(C)CCCS1. The number of aryl methyl sites for hydroxylation is 1. The molecule has 0 saturated carbocycles. The van der Waals surface area contributed by atoms with Crippen molar-refractivity contribution in [1.82, 2.24) is 4.72 Å². The first-order valence-electron chi connectivity index (χ1n) is 6.79. The van der Waals surface area contributed by atoms with Crippen molar-refractivity contribution in [1.29, 1.82) is 0 Å². The molecule has 1 aliphatic heterocycles. The Bertz CT molecular complexity index is 579. The fraction of sp³-hybridized carbons (Fsp3) is 0.571. The van der Waals surface area contributed by atoms with Crippen LogP contribution in [0.3, 0.4) is 0 Å². The van der Waals surface area contributed by atoms with Gasteiger partial charge in [0.2, 0.25) is 10.0 Å². The molecule has 0 aliphatic carbocycles. The summed E-state index contributed by atoms with van der Waals surface area (Å²) in [6, 6.07) is 5.34. The number of sulfonamides is 1. The molecule has 1 aromatic carbocycles. The van der Waals surface area contributed by atoms with E-state index in [0.717, 1.165) is 29.7 Å². The van der Waals surface area contributed by atoms with Gasteiger partial charge in [0.15, 0.2) is 0 Å². The van der Waals surface area contributed by atoms with Crippen molar-refractivity contribution in [2.24, 2.45) is 5.73 Å². The molecule has 6 heteroatoms. The van der Waals surface area contributed by atoms with Gasteiger partial charge in [0.25, 0.3) is 0 Å². The van der Waals surface area contributed by atoms with Crippen LogP contribution in [0.4, 0.5) is 0 Å². The third kappa shape index (κ3) is 3.55. The molecule has 0 spiro atoms. The van der Waals surface area contributed by atoms with Gasteiger partial charge in [-0.15, -0.1) is 0 Å². The van der Waals surface area contributed by atoms with Gasteiger partial charge in [0, 0.05) is 17.8 Å². The minimum absolute atomic E-state index is 0.0203. The molecule has 1 fully saturated rings. The summed E-state index contributed by atoms with van der Waals surface area (Å²) in [5, 5.41) is 0. The molecule has 1 saturated heterocycles. The number of rotatable bonds is 5. The number of nitrogens with one attached hydrogen (secondary N) is 1. The van der Waals surface area contributed by atoms with Gasteiger partial charge in [-0.05, 0) is 49.6 Å². The van der Waals surface area contributed by atoms with Crippen LogP contribution >= 0.6 is 11.8 Å². The molecule has 2 rings (SSSR count). The van der Waals surface area contributed by atoms with Crippen molar-refractivity contribution >= 4 is 21.8 Å². The Kier molecular flexibility index (Phi) is 4.79. The Morgan fingerprint density at radius 3 is 2.80 bits per heavy atom. The lowest BCUT2D eigenvalue weighted by Gasteiger charge is -2.23. The molecule has 1 unspecified atom stereocenters. The largest absolute Gasteiger partial charge is 0.326 e. The molecule has 0 amide bonds. The van der Waals surface area contributed by atoms with Crippen LogP contribution in [0, 0.1) is 6.92 Å². The predicted octanol–water partition coefficient (Wildman–Crippen LogP) is 2.02. The lowest BCUT2D eigenvalue weighted by molar-refractivity contribution is 0.552. The van der Waals surface area contributed by atoms with Crippen LogP contribution in [0.25, 0.3) is 0 Å². The van der Waals surface area contributed by atoms with E-state index in [0.29, 0.717) is 18.0 Å². The number of hydrogen-bond acceptors (Lipinski definition) is 4. The normalized spacial score (nSPS) is 23.1. The van der Waals surface area contributed by atoms with Gasteiger partial charge in [0.1, 0.15) is 0 Å². The highest BCUT2D eigenvalue weighted by Crippen LogP contribution is 2.37. The zero-order valence-corrected chi connectivity index (χ0v) is 13.6. The predicted molar refractivity (Wildman–Crippen MR) is 84.4 cm³/mol. The molecule has 1 heterocycles. The summed E-state index contributed by atoms with van der Waals surface area (Å²) in [7, 11) is -3.47. The Hall–Kier alpha value is -0.560. The molecule has 1 atom stereocenters. The summed E-state index contributed by atoms with van der Waals surface area (Å²) in [5.41, 5.74) is 7.17. The van der Waals surface area contributed by atoms with E-state index in [1.165, 1.54) is 0 Å². The average molecular weight is 314 g/mol. The highest BCUT2D eigenvalue weighted by molar-refractivity contribution is 8.01. The van der Waals surface area contributed by atoms with E-state index in [1.807, 2.05) is 23.9 Å². The second-order valence-electron chi connectivity index (χ2n) is 5.53. The second-order valence-corrected chi connectivity index (χ2v) is 8.95. The average Bonchev–Trinajstić information content (AvgIpc) is 2.85. The van der Waals surface area contributed by atoms with Crippen LogP contribution < -0.4 is 10.5 Å². The maximum atomic E-state index is 12.5. The zero-order valence-electron chi connectivity index (χ0n) is 12.0. The molecule has 112 valence electrons. The summed E-state index contributed by atoms with van der Waals surface area (Å²) in [5.74, 6) is 1.11. The highest BCUT2D eigenvalue weighted by Gasteiger charge is 2.31. The van der Waals surface area contributed by atoms with E-state index in [-0.39, 0.29) is 4.75 Å². The van der Waals surface area contributed by atoms with Gasteiger partial charge in [-0.1, -0.05) is 12.1 Å². The highest BCUT2D eigenvalue weighted by atomic mass is 32.2. The fourth-order valence-electron chi connectivity index (χ4n) is 2.36. The van der Waals surface area contributed by atoms with Gasteiger partial charge < -0.3 is 5.73 Å². The Labute approximate surface area is 125 Å². The number of hydrogen-bond donors (Lipinski definition) is 2. The van der Waals surface area contributed by atoms with E-state index >= 15 is 0 Å². The number of benzene rings is 1. The van der Waals surface area contributed by atoms with E-state index in [1.54, 1.807) is 13.0 Å². The topological polar surface area (TPSA) is 72.2 Å². The molecule has 0 radical (unpaired) electrons. The van der Waals surface area contributed by atoms with Crippen molar-refractivity contribution in [3.63, 3.8) is 0 Å². The summed E-state index contributed by atoms with van der Waals surface area (Å²) in [4.78, 5) is 0.340. The monoisotopic (exact) mass is 314 g/mol. The van der Waals surface area contributed by atoms with Crippen LogP contribution in [0.5, 0.6) is 0 Å². The Morgan fingerprint density at radius 1 is 1.45 bits per heavy atom. The standard InChI is InChI=1S/C14H22N2O2S2/c1-11-4-5-12(9-15)8-13(11)20(17,18)16-10-14(2)6-3-7-19-14/h4-5,8,16H,3,6-7,9-10,15H2,1-2H3. The van der Waals surface area contributed by atoms with Crippen LogP contribution in [0.2, 0.25) is 0 Å². The number of thioether (sulfide) groups is 1. The van der Waals surface area contributed by atoms with Crippen molar-refractivity contribution < 1.29 is 8.42 Å². The fourth-order valence-corrected chi connectivity index (χ4v) is 5.16. The zero-order chi connectivity index (χ0) is 14.8. The van der Waals surface area contributed by atoms with Gasteiger partial charge >= 0.3 is 0 Å². The van der Waals surface area contributed by atoms with Gasteiger partial charge in [0.05, 0.1) is 4.90 Å². The maximum absolute atomic E-state index is 12.5. The van der Waals surface area contributed by atoms with Gasteiger partial charge in [-0.3, -0.25) is 0 Å². The molecule has 4 nitrogen and oxygen atoms in total. The lowest BCUT2D eigenvalue weighted by Crippen LogP contribution is -2.37. The Morgan fingerprint density at radius 2 is 2.20 bits per heavy atom. The summed E-state index contributed by atoms with van der Waals surface area (Å²) in [6.07, 6.45) is 2.21. The van der Waals surface area contributed by atoms with Crippen LogP contribution in [-0.2, 0) is 16.6 Å².